The number of hydrogen-bond acceptors (Lipinski definition) is 13. The van der Waals surface area contributed by atoms with Gasteiger partial charge in [0.15, 0.2) is 34.7 Å². The number of pyridine rings is 3. The second-order valence-electron chi connectivity index (χ2n) is 9.23. The van der Waals surface area contributed by atoms with Crippen LogP contribution in [0.15, 0.2) is 18.2 Å². The van der Waals surface area contributed by atoms with Gasteiger partial charge in [-0.2, -0.15) is 26.3 Å². The number of nitrogens with zero attached hydrogens (tertiary/aromatic N) is 8. The quantitative estimate of drug-likeness (QED) is 0.0828. The van der Waals surface area contributed by atoms with Gasteiger partial charge in [0.25, 0.3) is 0 Å². The van der Waals surface area contributed by atoms with Gasteiger partial charge in [-0.15, -0.1) is 0 Å². The van der Waals surface area contributed by atoms with Gasteiger partial charge in [-0.3, -0.25) is 10.9 Å². The van der Waals surface area contributed by atoms with Crippen molar-refractivity contribution >= 4 is 55.7 Å². The van der Waals surface area contributed by atoms with Crippen LogP contribution >= 0.6 is 0 Å². The SMILES string of the molecule is CNC(C#N)=c1c(F)c(F)c(=C(N)NNc2cc3c4cc(C#N)c(N)nc4c4nc(C#N)c(C#N)cc4c3nc2C#N)c(F)c1F. The molecule has 13 nitrogen and oxygen atoms in total. The molecule has 0 aliphatic carbocycles. The van der Waals surface area contributed by atoms with Crippen molar-refractivity contribution in [1.82, 2.24) is 25.7 Å². The Labute approximate surface area is 254 Å². The first kappa shape index (κ1) is 30.1. The summed E-state index contributed by atoms with van der Waals surface area (Å²) >= 11 is 0. The predicted octanol–water partition coefficient (Wildman–Crippen LogP) is 1.45. The molecule has 0 aliphatic heterocycles. The van der Waals surface area contributed by atoms with Crippen LogP contribution in [-0.4, -0.2) is 22.0 Å². The normalized spacial score (nSPS) is 10.3. The molecule has 0 unspecified atom stereocenters. The Bertz CT molecular complexity index is 2510. The number of nitrogens with two attached hydrogens (primary N) is 2. The molecule has 0 bridgehead atoms. The third-order valence-corrected chi connectivity index (χ3v) is 6.80. The number of hydrogen-bond donors (Lipinski definition) is 5. The average molecular weight is 620 g/mol. The molecule has 17 heteroatoms. The highest BCUT2D eigenvalue weighted by Gasteiger charge is 2.23. The number of rotatable bonds is 4. The average Bonchev–Trinajstić information content (AvgIpc) is 3.07. The van der Waals surface area contributed by atoms with Crippen molar-refractivity contribution in [2.45, 2.75) is 0 Å². The maximum absolute atomic E-state index is 15.0. The minimum atomic E-state index is -1.91. The van der Waals surface area contributed by atoms with Crippen LogP contribution in [0.3, 0.4) is 0 Å². The summed E-state index contributed by atoms with van der Waals surface area (Å²) in [7, 11) is 1.12. The van der Waals surface area contributed by atoms with E-state index in [1.165, 1.54) is 24.3 Å². The van der Waals surface area contributed by atoms with E-state index in [0.717, 1.165) is 7.05 Å². The number of nitriles is 5. The van der Waals surface area contributed by atoms with Crippen molar-refractivity contribution in [2.75, 3.05) is 18.2 Å². The minimum Gasteiger partial charge on any atom is -0.384 e. The molecule has 0 saturated heterocycles. The number of hydrazine groups is 1. The molecule has 0 atom stereocenters. The highest BCUT2D eigenvalue weighted by molar-refractivity contribution is 6.23. The summed E-state index contributed by atoms with van der Waals surface area (Å²) in [5.74, 6) is -8.72. The number of nitrogens with one attached hydrogen (secondary N) is 3. The van der Waals surface area contributed by atoms with Crippen LogP contribution in [-0.2, 0) is 0 Å². The standard InChI is InChI=1S/C29H13F4N13/c1-41-18(9-38)19-21(30)23(32)20(24(33)22(19)31)29(40)46-45-15-4-13-12-3-11(6-35)28(39)44-26(12)27-14(25(13)43-17(15)8-37)2-10(5-34)16(7-36)42-27/h2-4,41,45-46H,40H2,1H3,(H2,39,44). The Morgan fingerprint density at radius 2 is 1.24 bits per heavy atom. The summed E-state index contributed by atoms with van der Waals surface area (Å²) in [5.41, 5.74) is 15.0. The maximum Gasteiger partial charge on any atom is 0.173 e. The zero-order chi connectivity index (χ0) is 33.4. The van der Waals surface area contributed by atoms with Crippen LogP contribution in [0.1, 0.15) is 22.5 Å². The van der Waals surface area contributed by atoms with Crippen molar-refractivity contribution in [3.63, 3.8) is 0 Å². The summed E-state index contributed by atoms with van der Waals surface area (Å²) in [5, 5.41) is 47.8. The molecule has 46 heavy (non-hydrogen) atoms. The third kappa shape index (κ3) is 4.49. The van der Waals surface area contributed by atoms with Gasteiger partial charge in [-0.25, -0.2) is 32.5 Å². The summed E-state index contributed by atoms with van der Waals surface area (Å²) in [6.07, 6.45) is 0. The predicted molar refractivity (Wildman–Crippen MR) is 154 cm³/mol. The van der Waals surface area contributed by atoms with Crippen molar-refractivity contribution < 1.29 is 17.6 Å². The lowest BCUT2D eigenvalue weighted by Gasteiger charge is -2.15. The van der Waals surface area contributed by atoms with Crippen LogP contribution in [0.25, 0.3) is 44.2 Å². The van der Waals surface area contributed by atoms with E-state index in [1.54, 1.807) is 0 Å². The summed E-state index contributed by atoms with van der Waals surface area (Å²) in [4.78, 5) is 12.9. The first-order chi connectivity index (χ1) is 22.0. The van der Waals surface area contributed by atoms with Crippen molar-refractivity contribution in [3.8, 4) is 30.3 Å². The Hall–Kier alpha value is -7.42. The van der Waals surface area contributed by atoms with E-state index in [4.69, 9.17) is 16.7 Å². The molecular formula is C29H13F4N13. The minimum absolute atomic E-state index is 0.0367. The van der Waals surface area contributed by atoms with Gasteiger partial charge in [0.2, 0.25) is 0 Å². The maximum atomic E-state index is 15.0. The lowest BCUT2D eigenvalue weighted by molar-refractivity contribution is 0.432. The monoisotopic (exact) mass is 619 g/mol. The number of anilines is 2. The zero-order valence-corrected chi connectivity index (χ0v) is 23.0. The van der Waals surface area contributed by atoms with E-state index < -0.39 is 45.2 Å². The van der Waals surface area contributed by atoms with Crippen LogP contribution < -0.4 is 38.1 Å². The molecular weight excluding hydrogens is 606 g/mol. The number of fused-ring (bicyclic) bond motifs is 6. The second-order valence-corrected chi connectivity index (χ2v) is 9.23. The number of benzene rings is 2. The largest absolute Gasteiger partial charge is 0.384 e. The molecule has 5 rings (SSSR count). The third-order valence-electron chi connectivity index (χ3n) is 6.80. The van der Waals surface area contributed by atoms with Crippen LogP contribution in [0, 0.1) is 79.9 Å². The van der Waals surface area contributed by atoms with Gasteiger partial charge in [-0.1, -0.05) is 0 Å². The van der Waals surface area contributed by atoms with E-state index in [2.05, 4.69) is 31.1 Å². The van der Waals surface area contributed by atoms with E-state index in [9.17, 15) is 38.6 Å². The van der Waals surface area contributed by atoms with Crippen molar-refractivity contribution in [2.24, 2.45) is 5.73 Å². The smallest absolute Gasteiger partial charge is 0.173 e. The van der Waals surface area contributed by atoms with Crippen LogP contribution in [0.5, 0.6) is 0 Å². The molecule has 3 aromatic heterocycles. The topological polar surface area (TPSA) is 246 Å². The van der Waals surface area contributed by atoms with Gasteiger partial charge in [0.1, 0.15) is 53.2 Å². The first-order valence-corrected chi connectivity index (χ1v) is 12.5. The molecule has 0 radical (unpaired) electrons. The molecule has 0 spiro atoms. The second kappa shape index (κ2) is 11.3. The lowest BCUT2D eigenvalue weighted by Crippen LogP contribution is -2.39. The molecule has 222 valence electrons. The molecule has 2 aromatic carbocycles. The Morgan fingerprint density at radius 3 is 1.80 bits per heavy atom. The highest BCUT2D eigenvalue weighted by Crippen LogP contribution is 2.36. The summed E-state index contributed by atoms with van der Waals surface area (Å²) in [6, 6.07) is 12.8. The van der Waals surface area contributed by atoms with Crippen molar-refractivity contribution in [1.29, 1.82) is 26.3 Å². The van der Waals surface area contributed by atoms with Gasteiger partial charge in [0, 0.05) is 23.2 Å². The summed E-state index contributed by atoms with van der Waals surface area (Å²) < 4.78 is 59.4. The van der Waals surface area contributed by atoms with E-state index in [1.807, 2.05) is 24.3 Å². The Morgan fingerprint density at radius 1 is 0.696 bits per heavy atom. The highest BCUT2D eigenvalue weighted by atomic mass is 19.2. The zero-order valence-electron chi connectivity index (χ0n) is 23.0. The summed E-state index contributed by atoms with van der Waals surface area (Å²) in [6.45, 7) is 0. The Kier molecular flexibility index (Phi) is 7.41. The fourth-order valence-corrected chi connectivity index (χ4v) is 4.67. The molecule has 0 aliphatic rings. The van der Waals surface area contributed by atoms with Crippen LogP contribution in [0.4, 0.5) is 29.1 Å². The molecule has 0 amide bonds. The van der Waals surface area contributed by atoms with E-state index in [-0.39, 0.29) is 66.7 Å². The number of nitrogen functional groups attached to an aromatic ring is 1. The molecule has 0 saturated carbocycles. The van der Waals surface area contributed by atoms with Crippen LogP contribution in [0.2, 0.25) is 0 Å². The molecule has 0 fully saturated rings. The lowest BCUT2D eigenvalue weighted by atomic mass is 9.99. The van der Waals surface area contributed by atoms with Gasteiger partial charge >= 0.3 is 0 Å². The first-order valence-electron chi connectivity index (χ1n) is 12.5. The number of halogens is 4. The van der Waals surface area contributed by atoms with Gasteiger partial charge in [-0.05, 0) is 18.2 Å². The molecule has 3 heterocycles. The Balaban J connectivity index is 1.78. The molecule has 7 N–H and O–H groups in total. The fourth-order valence-electron chi connectivity index (χ4n) is 4.67. The van der Waals surface area contributed by atoms with Gasteiger partial charge < -0.3 is 16.8 Å². The van der Waals surface area contributed by atoms with E-state index >= 15 is 0 Å². The fraction of sp³-hybridized carbons (Fsp3) is 0.0345. The van der Waals surface area contributed by atoms with E-state index in [0.29, 0.717) is 0 Å². The molecule has 5 aromatic rings. The van der Waals surface area contributed by atoms with Crippen molar-refractivity contribution in [3.05, 3.63) is 74.4 Å². The van der Waals surface area contributed by atoms with Gasteiger partial charge in [0.05, 0.1) is 38.3 Å². The number of aromatic nitrogens is 3.